The van der Waals surface area contributed by atoms with Crippen LogP contribution in [-0.4, -0.2) is 17.4 Å². The third-order valence-corrected chi connectivity index (χ3v) is 4.60. The Labute approximate surface area is 114 Å². The van der Waals surface area contributed by atoms with Crippen molar-refractivity contribution in [2.75, 3.05) is 6.61 Å². The molecule has 1 aliphatic carbocycles. The van der Waals surface area contributed by atoms with E-state index >= 15 is 0 Å². The average Bonchev–Trinajstić information content (AvgIpc) is 2.67. The van der Waals surface area contributed by atoms with Crippen molar-refractivity contribution in [2.24, 2.45) is 11.8 Å². The zero-order chi connectivity index (χ0) is 14.5. The normalized spacial score (nSPS) is 32.1. The fourth-order valence-corrected chi connectivity index (χ4v) is 3.42. The predicted octanol–water partition coefficient (Wildman–Crippen LogP) is 3.56. The number of hydrogen-bond acceptors (Lipinski definition) is 0. The minimum Gasteiger partial charge on any atom is -0.431 e. The number of halogens is 4. The van der Waals surface area contributed by atoms with Crippen molar-refractivity contribution in [3.05, 3.63) is 34.9 Å². The molecule has 1 N–H and O–H groups in total. The largest absolute Gasteiger partial charge is 0.431 e. The summed E-state index contributed by atoms with van der Waals surface area (Å²) in [5.74, 6) is -7.12. The van der Waals surface area contributed by atoms with E-state index in [1.807, 2.05) is 6.92 Å². The smallest absolute Gasteiger partial charge is 0.280 e. The highest BCUT2D eigenvalue weighted by molar-refractivity contribution is 5.39. The standard InChI is InChI=1S/C15H16F4O/c1-8-2-3-10(7-20-8)11-6-9-4-5-12(16)14(17)13(9)15(11,18)19/h4-5,8,10-11H,2-3,6-7H2,1H3/p+1. The van der Waals surface area contributed by atoms with E-state index < -0.39 is 29.0 Å². The molecule has 20 heavy (non-hydrogen) atoms. The number of fused-ring (bicyclic) bond motifs is 1. The molecule has 0 aromatic heterocycles. The van der Waals surface area contributed by atoms with Gasteiger partial charge in [0.25, 0.3) is 5.92 Å². The second-order valence-electron chi connectivity index (χ2n) is 5.88. The maximum Gasteiger partial charge on any atom is 0.280 e. The maximum atomic E-state index is 14.5. The van der Waals surface area contributed by atoms with Gasteiger partial charge in [-0.05, 0) is 24.5 Å². The molecule has 1 saturated heterocycles. The third kappa shape index (κ3) is 2.03. The van der Waals surface area contributed by atoms with Crippen LogP contribution in [0.15, 0.2) is 12.1 Å². The lowest BCUT2D eigenvalue weighted by atomic mass is 9.82. The topological polar surface area (TPSA) is 12.8 Å². The average molecular weight is 289 g/mol. The van der Waals surface area contributed by atoms with Gasteiger partial charge in [0.05, 0.1) is 5.56 Å². The quantitative estimate of drug-likeness (QED) is 0.554. The van der Waals surface area contributed by atoms with Crippen molar-refractivity contribution in [1.29, 1.82) is 0 Å². The Morgan fingerprint density at radius 1 is 1.20 bits per heavy atom. The molecule has 1 aromatic carbocycles. The van der Waals surface area contributed by atoms with Crippen LogP contribution >= 0.6 is 0 Å². The van der Waals surface area contributed by atoms with Gasteiger partial charge >= 0.3 is 0 Å². The molecule has 110 valence electrons. The van der Waals surface area contributed by atoms with E-state index in [9.17, 15) is 17.6 Å². The fourth-order valence-electron chi connectivity index (χ4n) is 3.42. The predicted molar refractivity (Wildman–Crippen MR) is 66.7 cm³/mol. The van der Waals surface area contributed by atoms with Crippen molar-refractivity contribution in [3.8, 4) is 0 Å². The molecule has 1 heterocycles. The van der Waals surface area contributed by atoms with Crippen LogP contribution in [0.2, 0.25) is 0 Å². The summed E-state index contributed by atoms with van der Waals surface area (Å²) in [6.07, 6.45) is 1.76. The molecular weight excluding hydrogens is 272 g/mol. The molecule has 0 radical (unpaired) electrons. The Morgan fingerprint density at radius 2 is 1.95 bits per heavy atom. The first-order chi connectivity index (χ1) is 9.41. The third-order valence-electron chi connectivity index (χ3n) is 4.60. The Morgan fingerprint density at radius 3 is 2.60 bits per heavy atom. The summed E-state index contributed by atoms with van der Waals surface area (Å²) < 4.78 is 60.2. The number of rotatable bonds is 1. The van der Waals surface area contributed by atoms with Crippen molar-refractivity contribution >= 4 is 0 Å². The van der Waals surface area contributed by atoms with Gasteiger partial charge in [0.1, 0.15) is 6.61 Å². The van der Waals surface area contributed by atoms with E-state index in [-0.39, 0.29) is 24.0 Å². The first-order valence-corrected chi connectivity index (χ1v) is 6.93. The van der Waals surface area contributed by atoms with Crippen molar-refractivity contribution in [1.82, 2.24) is 0 Å². The van der Waals surface area contributed by atoms with Gasteiger partial charge in [-0.3, -0.25) is 0 Å². The minimum absolute atomic E-state index is 0.105. The molecule has 0 spiro atoms. The van der Waals surface area contributed by atoms with Crippen LogP contribution < -0.4 is 0 Å². The van der Waals surface area contributed by atoms with E-state index in [0.717, 1.165) is 12.5 Å². The highest BCUT2D eigenvalue weighted by Crippen LogP contribution is 2.51. The molecule has 0 amide bonds. The van der Waals surface area contributed by atoms with Crippen LogP contribution in [0.1, 0.15) is 30.9 Å². The Kier molecular flexibility index (Phi) is 3.27. The number of aliphatic hydroxyl groups is 2. The van der Waals surface area contributed by atoms with Crippen LogP contribution in [0.25, 0.3) is 0 Å². The van der Waals surface area contributed by atoms with E-state index in [0.29, 0.717) is 13.0 Å². The Hall–Kier alpha value is -1.10. The van der Waals surface area contributed by atoms with Crippen LogP contribution in [0.3, 0.4) is 0 Å². The summed E-state index contributed by atoms with van der Waals surface area (Å²) in [5, 5.41) is 0. The molecule has 1 aromatic rings. The molecule has 3 atom stereocenters. The summed E-state index contributed by atoms with van der Waals surface area (Å²) in [4.78, 5) is 0. The lowest BCUT2D eigenvalue weighted by Gasteiger charge is -2.31. The van der Waals surface area contributed by atoms with Crippen LogP contribution in [0.4, 0.5) is 17.6 Å². The SMILES string of the molecule is CC1CCC(C2Cc3ccc(F)c(F)c3C2(F)F)C[OH+]1. The van der Waals surface area contributed by atoms with Crippen molar-refractivity contribution < 1.29 is 22.3 Å². The fraction of sp³-hybridized carbons (Fsp3) is 0.600. The summed E-state index contributed by atoms with van der Waals surface area (Å²) in [7, 11) is 0. The van der Waals surface area contributed by atoms with E-state index in [1.54, 1.807) is 0 Å². The van der Waals surface area contributed by atoms with Crippen LogP contribution in [0.5, 0.6) is 0 Å². The van der Waals surface area contributed by atoms with Crippen molar-refractivity contribution in [2.45, 2.75) is 38.2 Å². The van der Waals surface area contributed by atoms with Gasteiger partial charge in [0.2, 0.25) is 0 Å². The van der Waals surface area contributed by atoms with Gasteiger partial charge in [-0.2, -0.15) is 0 Å². The summed E-state index contributed by atoms with van der Waals surface area (Å²) >= 11 is 0. The van der Waals surface area contributed by atoms with Crippen LogP contribution in [0, 0.1) is 23.5 Å². The number of alkyl halides is 2. The lowest BCUT2D eigenvalue weighted by Crippen LogP contribution is -2.37. The molecule has 1 aliphatic heterocycles. The molecule has 0 bridgehead atoms. The van der Waals surface area contributed by atoms with E-state index in [2.05, 4.69) is 4.74 Å². The summed E-state index contributed by atoms with van der Waals surface area (Å²) in [6, 6.07) is 2.21. The van der Waals surface area contributed by atoms with Gasteiger partial charge in [0, 0.05) is 25.2 Å². The number of hydrogen-bond donors (Lipinski definition) is 0. The molecule has 3 rings (SSSR count). The number of benzene rings is 1. The van der Waals surface area contributed by atoms with E-state index in [1.165, 1.54) is 6.07 Å². The second-order valence-corrected chi connectivity index (χ2v) is 5.88. The minimum atomic E-state index is -3.30. The van der Waals surface area contributed by atoms with Gasteiger partial charge in [-0.25, -0.2) is 17.6 Å². The molecule has 1 nitrogen and oxygen atoms in total. The molecule has 3 unspecified atom stereocenters. The van der Waals surface area contributed by atoms with Crippen LogP contribution in [-0.2, 0) is 12.3 Å². The zero-order valence-corrected chi connectivity index (χ0v) is 11.2. The first-order valence-electron chi connectivity index (χ1n) is 6.93. The van der Waals surface area contributed by atoms with Gasteiger partial charge < -0.3 is 4.74 Å². The monoisotopic (exact) mass is 289 g/mol. The first kappa shape index (κ1) is 13.9. The Bertz CT molecular complexity index is 521. The lowest BCUT2D eigenvalue weighted by molar-refractivity contribution is -0.178. The summed E-state index contributed by atoms with van der Waals surface area (Å²) in [5.41, 5.74) is -0.501. The zero-order valence-electron chi connectivity index (χ0n) is 11.2. The highest BCUT2D eigenvalue weighted by Gasteiger charge is 2.54. The highest BCUT2D eigenvalue weighted by atomic mass is 19.3. The maximum absolute atomic E-state index is 14.5. The summed E-state index contributed by atoms with van der Waals surface area (Å²) in [6.45, 7) is 2.35. The Balaban J connectivity index is 1.92. The molecule has 1 fully saturated rings. The number of ether oxygens (including phenoxy) is 1. The van der Waals surface area contributed by atoms with Crippen molar-refractivity contribution in [3.63, 3.8) is 0 Å². The molecule has 2 aliphatic rings. The van der Waals surface area contributed by atoms with Gasteiger partial charge in [0.15, 0.2) is 17.7 Å². The molecule has 5 heteroatoms. The second kappa shape index (κ2) is 4.72. The van der Waals surface area contributed by atoms with E-state index in [4.69, 9.17) is 0 Å². The molecular formula is C15H17F4O+. The van der Waals surface area contributed by atoms with Gasteiger partial charge in [-0.1, -0.05) is 6.07 Å². The van der Waals surface area contributed by atoms with Gasteiger partial charge in [-0.15, -0.1) is 0 Å². The molecule has 0 saturated carbocycles.